The lowest BCUT2D eigenvalue weighted by molar-refractivity contribution is 0.164. The second-order valence-electron chi connectivity index (χ2n) is 5.55. The van der Waals surface area contributed by atoms with Gasteiger partial charge in [0.25, 0.3) is 0 Å². The first-order valence-corrected chi connectivity index (χ1v) is 11.4. The molecule has 0 saturated heterocycles. The molecule has 10 heteroatoms. The smallest absolute Gasteiger partial charge is 0.424 e. The predicted molar refractivity (Wildman–Crippen MR) is 139 cm³/mol. The van der Waals surface area contributed by atoms with E-state index in [1.165, 1.54) is 7.85 Å². The summed E-state index contributed by atoms with van der Waals surface area (Å²) >= 11 is 6.22. The van der Waals surface area contributed by atoms with Gasteiger partial charge in [0, 0.05) is 0 Å². The van der Waals surface area contributed by atoms with Crippen LogP contribution in [0, 0.1) is 23.7 Å². The van der Waals surface area contributed by atoms with Crippen LogP contribution in [0.15, 0.2) is 60.7 Å². The molecule has 0 atom stereocenters. The van der Waals surface area contributed by atoms with Crippen molar-refractivity contribution in [3.05, 3.63) is 60.7 Å². The van der Waals surface area contributed by atoms with E-state index in [1.54, 1.807) is 13.8 Å². The summed E-state index contributed by atoms with van der Waals surface area (Å²) in [6.45, 7) is 3.91. The van der Waals surface area contributed by atoms with Crippen molar-refractivity contribution < 1.29 is 29.3 Å². The lowest BCUT2D eigenvalue weighted by Crippen LogP contribution is -2.20. The number of rotatable bonds is 4. The zero-order chi connectivity index (χ0) is 25.6. The Kier molecular flexibility index (Phi) is 18.7. The Morgan fingerprint density at radius 1 is 0.735 bits per heavy atom. The van der Waals surface area contributed by atoms with Gasteiger partial charge in [0.05, 0.1) is 56.9 Å². The minimum absolute atomic E-state index is 0.180. The Balaban J connectivity index is 0.000000497. The van der Waals surface area contributed by atoms with Gasteiger partial charge in [-0.1, -0.05) is 48.2 Å². The Morgan fingerprint density at radius 3 is 1.32 bits per heavy atom. The van der Waals surface area contributed by atoms with Crippen LogP contribution in [-0.2, 0) is 9.47 Å². The number of para-hydroxylation sites is 2. The number of hydrogen-bond donors (Lipinski definition) is 2. The topological polar surface area (TPSA) is 99.5 Å². The first-order valence-electron chi connectivity index (χ1n) is 9.95. The third-order valence-corrected chi connectivity index (χ3v) is 4.62. The molecule has 8 nitrogen and oxygen atoms in total. The second kappa shape index (κ2) is 20.6. The number of aliphatic hydroxyl groups is 2. The van der Waals surface area contributed by atoms with Gasteiger partial charge in [-0.25, -0.2) is 17.4 Å². The summed E-state index contributed by atoms with van der Waals surface area (Å²) in [5.41, 5.74) is 1.50. The fourth-order valence-electron chi connectivity index (χ4n) is 1.86. The largest absolute Gasteiger partial charge is 0.449 e. The summed E-state index contributed by atoms with van der Waals surface area (Å²) < 4.78 is 12.2. The minimum atomic E-state index is -0.409. The van der Waals surface area contributed by atoms with E-state index < -0.39 is 12.2 Å². The third-order valence-electron chi connectivity index (χ3n) is 3.22. The van der Waals surface area contributed by atoms with Crippen LogP contribution >= 0.6 is 32.3 Å². The average Bonchev–Trinajstić information content (AvgIpc) is 2.88. The molecule has 0 aliphatic carbocycles. The van der Waals surface area contributed by atoms with E-state index in [0.29, 0.717) is 13.2 Å². The molecule has 2 rings (SSSR count). The minimum Gasteiger partial charge on any atom is -0.449 e. The number of nitrogens with zero attached hydrogens (tertiary/aromatic N) is 2. The van der Waals surface area contributed by atoms with Gasteiger partial charge in [0.2, 0.25) is 0 Å². The molecule has 34 heavy (non-hydrogen) atoms. The first-order chi connectivity index (χ1) is 16.4. The fraction of sp³-hybridized carbons (Fsp3) is 0.250. The van der Waals surface area contributed by atoms with Gasteiger partial charge in [-0.05, 0) is 50.0 Å². The van der Waals surface area contributed by atoms with E-state index in [-0.39, 0.29) is 13.2 Å². The maximum absolute atomic E-state index is 11.2. The van der Waals surface area contributed by atoms with E-state index in [2.05, 4.69) is 56.0 Å². The Morgan fingerprint density at radius 2 is 1.06 bits per heavy atom. The molecule has 2 N–H and O–H groups in total. The standard InChI is InChI=1S/2C9H10BrNO2.C6H6O2/c2*1-2-13-9(12)11(10)8-6-4-3-5-7-8;7-5-3-1-2-4-6-8/h2*3-7H,2H2,1H3;7-8H,5-6H2. The summed E-state index contributed by atoms with van der Waals surface area (Å²) in [6, 6.07) is 18.4. The maximum atomic E-state index is 11.2. The molecule has 0 radical (unpaired) electrons. The van der Waals surface area contributed by atoms with Crippen molar-refractivity contribution in [1.29, 1.82) is 0 Å². The van der Waals surface area contributed by atoms with Crippen LogP contribution in [0.1, 0.15) is 13.8 Å². The number of anilines is 2. The van der Waals surface area contributed by atoms with Crippen LogP contribution < -0.4 is 7.85 Å². The SMILES string of the molecule is CCOC(=O)N(Br)c1ccccc1.CCOC(=O)N(Br)c1ccccc1.OCC#CC#CCO. The summed E-state index contributed by atoms with van der Waals surface area (Å²) in [7, 11) is 0. The van der Waals surface area contributed by atoms with Crippen molar-refractivity contribution >= 4 is 55.9 Å². The number of halogens is 2. The summed E-state index contributed by atoms with van der Waals surface area (Å²) in [5.74, 6) is 9.24. The van der Waals surface area contributed by atoms with Crippen LogP contribution in [0.3, 0.4) is 0 Å². The first kappa shape index (κ1) is 31.0. The van der Waals surface area contributed by atoms with E-state index in [4.69, 9.17) is 19.7 Å². The molecule has 0 bridgehead atoms. The summed E-state index contributed by atoms with van der Waals surface area (Å²) in [6.07, 6.45) is -0.817. The van der Waals surface area contributed by atoms with Gasteiger partial charge in [-0.3, -0.25) is 0 Å². The second-order valence-corrected chi connectivity index (χ2v) is 6.97. The molecule has 2 aromatic carbocycles. The Bertz CT molecular complexity index is 874. The number of hydrogen-bond acceptors (Lipinski definition) is 6. The van der Waals surface area contributed by atoms with Crippen LogP contribution in [0.4, 0.5) is 21.0 Å². The van der Waals surface area contributed by atoms with Gasteiger partial charge in [0.1, 0.15) is 13.2 Å². The van der Waals surface area contributed by atoms with Crippen LogP contribution in [0.2, 0.25) is 0 Å². The molecule has 0 aliphatic rings. The van der Waals surface area contributed by atoms with Crippen molar-refractivity contribution in [2.24, 2.45) is 0 Å². The highest BCUT2D eigenvalue weighted by atomic mass is 79.9. The number of amides is 2. The van der Waals surface area contributed by atoms with Crippen LogP contribution in [-0.4, -0.2) is 48.8 Å². The quantitative estimate of drug-likeness (QED) is 0.384. The van der Waals surface area contributed by atoms with Gasteiger partial charge < -0.3 is 19.7 Å². The van der Waals surface area contributed by atoms with Gasteiger partial charge in [-0.15, -0.1) is 0 Å². The molecule has 0 heterocycles. The number of aliphatic hydroxyl groups excluding tert-OH is 2. The van der Waals surface area contributed by atoms with E-state index in [9.17, 15) is 9.59 Å². The lowest BCUT2D eigenvalue weighted by atomic mass is 10.3. The highest BCUT2D eigenvalue weighted by molar-refractivity contribution is 9.10. The Labute approximate surface area is 217 Å². The van der Waals surface area contributed by atoms with Crippen molar-refractivity contribution in [1.82, 2.24) is 0 Å². The van der Waals surface area contributed by atoms with Gasteiger partial charge in [-0.2, -0.15) is 0 Å². The van der Waals surface area contributed by atoms with Crippen LogP contribution in [0.25, 0.3) is 0 Å². The number of carbonyl (C=O) groups excluding carboxylic acids is 2. The molecule has 0 saturated carbocycles. The zero-order valence-corrected chi connectivity index (χ0v) is 22.0. The molecule has 2 amide bonds. The third kappa shape index (κ3) is 14.2. The van der Waals surface area contributed by atoms with E-state index in [1.807, 2.05) is 60.7 Å². The molecular weight excluding hydrogens is 572 g/mol. The molecule has 0 spiro atoms. The van der Waals surface area contributed by atoms with Crippen molar-refractivity contribution in [3.8, 4) is 23.7 Å². The maximum Gasteiger partial charge on any atom is 0.424 e. The zero-order valence-electron chi connectivity index (χ0n) is 18.8. The number of carbonyl (C=O) groups is 2. The fourth-order valence-corrected chi connectivity index (χ4v) is 2.53. The van der Waals surface area contributed by atoms with Gasteiger partial charge >= 0.3 is 12.2 Å². The lowest BCUT2D eigenvalue weighted by Gasteiger charge is -2.13. The Hall–Kier alpha value is -3.02. The highest BCUT2D eigenvalue weighted by Crippen LogP contribution is 2.18. The molecule has 0 unspecified atom stereocenters. The molecule has 0 aliphatic heterocycles. The molecule has 182 valence electrons. The molecule has 2 aromatic rings. The van der Waals surface area contributed by atoms with Crippen LogP contribution in [0.5, 0.6) is 0 Å². The monoisotopic (exact) mass is 596 g/mol. The molecular formula is C24H26Br2N2O6. The summed E-state index contributed by atoms with van der Waals surface area (Å²) in [4.78, 5) is 22.4. The predicted octanol–water partition coefficient (Wildman–Crippen LogP) is 4.90. The molecule has 0 fully saturated rings. The number of benzene rings is 2. The summed E-state index contributed by atoms with van der Waals surface area (Å²) in [5, 5.41) is 16.1. The highest BCUT2D eigenvalue weighted by Gasteiger charge is 2.13. The van der Waals surface area contributed by atoms with Crippen molar-refractivity contribution in [2.75, 3.05) is 34.3 Å². The normalized spacial score (nSPS) is 8.53. The van der Waals surface area contributed by atoms with Gasteiger partial charge in [0.15, 0.2) is 0 Å². The van der Waals surface area contributed by atoms with E-state index >= 15 is 0 Å². The number of ether oxygens (including phenoxy) is 2. The molecule has 0 aromatic heterocycles. The van der Waals surface area contributed by atoms with Crippen molar-refractivity contribution in [3.63, 3.8) is 0 Å². The van der Waals surface area contributed by atoms with Crippen molar-refractivity contribution in [2.45, 2.75) is 13.8 Å². The average molecular weight is 598 g/mol. The van der Waals surface area contributed by atoms with E-state index in [0.717, 1.165) is 11.4 Å².